The van der Waals surface area contributed by atoms with Crippen molar-refractivity contribution < 1.29 is 24.2 Å². The molecule has 24 heavy (non-hydrogen) atoms. The van der Waals surface area contributed by atoms with Crippen molar-refractivity contribution in [1.82, 2.24) is 4.90 Å². The molecular weight excluding hydrogens is 313 g/mol. The fourth-order valence-corrected chi connectivity index (χ4v) is 3.65. The molecule has 1 aromatic rings. The average molecular weight is 335 g/mol. The molecule has 1 aliphatic carbocycles. The first-order valence-electron chi connectivity index (χ1n) is 8.35. The number of rotatable bonds is 4. The Kier molecular flexibility index (Phi) is 4.34. The second-order valence-corrected chi connectivity index (χ2v) is 7.03. The van der Waals surface area contributed by atoms with E-state index in [0.717, 1.165) is 6.42 Å². The number of aliphatic hydroxyl groups is 1. The number of nitrogens with zero attached hydrogens (tertiary/aromatic N) is 1. The zero-order valence-corrected chi connectivity index (χ0v) is 13.5. The van der Waals surface area contributed by atoms with E-state index in [0.29, 0.717) is 44.3 Å². The first-order valence-corrected chi connectivity index (χ1v) is 8.35. The van der Waals surface area contributed by atoms with Crippen molar-refractivity contribution in [2.75, 3.05) is 13.1 Å². The molecule has 0 aromatic heterocycles. The molecule has 2 aliphatic rings. The second kappa shape index (κ2) is 6.16. The van der Waals surface area contributed by atoms with Gasteiger partial charge in [-0.05, 0) is 37.3 Å². The monoisotopic (exact) mass is 335 g/mol. The number of likely N-dealkylation sites (tertiary alicyclic amines) is 1. The van der Waals surface area contributed by atoms with E-state index in [1.54, 1.807) is 23.1 Å². The Labute approximate surface area is 140 Å². The van der Waals surface area contributed by atoms with Gasteiger partial charge in [0.25, 0.3) is 0 Å². The van der Waals surface area contributed by atoms with Crippen molar-refractivity contribution in [2.24, 2.45) is 5.41 Å². The summed E-state index contributed by atoms with van der Waals surface area (Å²) in [5.74, 6) is -1.73. The highest BCUT2D eigenvalue weighted by Gasteiger charge is 2.53. The number of carbonyl (C=O) groups excluding carboxylic acids is 1. The predicted molar refractivity (Wildman–Crippen MR) is 84.8 cm³/mol. The lowest BCUT2D eigenvalue weighted by Crippen LogP contribution is -2.56. The highest BCUT2D eigenvalue weighted by molar-refractivity contribution is 6.02. The van der Waals surface area contributed by atoms with Gasteiger partial charge in [0.2, 0.25) is 5.91 Å². The van der Waals surface area contributed by atoms with Crippen LogP contribution in [0, 0.1) is 11.2 Å². The molecule has 130 valence electrons. The SMILES string of the molecule is O=C(O)C1(C(=O)N2CCC(O)(Cc3ccccc3F)CC2)CCC1. The Hall–Kier alpha value is -1.95. The number of hydrogen-bond donors (Lipinski definition) is 2. The average Bonchev–Trinajstić information content (AvgIpc) is 2.48. The van der Waals surface area contributed by atoms with Crippen molar-refractivity contribution in [2.45, 2.75) is 44.1 Å². The van der Waals surface area contributed by atoms with Crippen LogP contribution in [-0.4, -0.2) is 45.7 Å². The van der Waals surface area contributed by atoms with Crippen LogP contribution >= 0.6 is 0 Å². The molecule has 1 heterocycles. The molecule has 5 nitrogen and oxygen atoms in total. The Morgan fingerprint density at radius 2 is 1.75 bits per heavy atom. The summed E-state index contributed by atoms with van der Waals surface area (Å²) in [6.45, 7) is 0.609. The zero-order chi connectivity index (χ0) is 17.4. The van der Waals surface area contributed by atoms with Gasteiger partial charge < -0.3 is 15.1 Å². The van der Waals surface area contributed by atoms with Crippen LogP contribution < -0.4 is 0 Å². The Bertz CT molecular complexity index is 648. The van der Waals surface area contributed by atoms with Gasteiger partial charge in [-0.25, -0.2) is 4.39 Å². The Morgan fingerprint density at radius 3 is 2.25 bits per heavy atom. The summed E-state index contributed by atoms with van der Waals surface area (Å²) in [5, 5.41) is 20.1. The van der Waals surface area contributed by atoms with E-state index in [1.807, 2.05) is 0 Å². The van der Waals surface area contributed by atoms with Gasteiger partial charge in [-0.1, -0.05) is 24.6 Å². The molecule has 6 heteroatoms. The summed E-state index contributed by atoms with van der Waals surface area (Å²) in [4.78, 5) is 25.6. The fraction of sp³-hybridized carbons (Fsp3) is 0.556. The predicted octanol–water partition coefficient (Wildman–Crippen LogP) is 1.98. The number of amides is 1. The number of benzene rings is 1. The molecule has 3 rings (SSSR count). The van der Waals surface area contributed by atoms with Crippen molar-refractivity contribution in [3.63, 3.8) is 0 Å². The van der Waals surface area contributed by atoms with Crippen LogP contribution in [-0.2, 0) is 16.0 Å². The van der Waals surface area contributed by atoms with E-state index in [4.69, 9.17) is 0 Å². The van der Waals surface area contributed by atoms with Gasteiger partial charge in [0.05, 0.1) is 5.60 Å². The minimum absolute atomic E-state index is 0.200. The molecule has 2 N–H and O–H groups in total. The summed E-state index contributed by atoms with van der Waals surface area (Å²) in [5.41, 5.74) is -1.86. The van der Waals surface area contributed by atoms with E-state index in [1.165, 1.54) is 6.07 Å². The number of carbonyl (C=O) groups is 2. The van der Waals surface area contributed by atoms with Crippen molar-refractivity contribution >= 4 is 11.9 Å². The molecular formula is C18H22FNO4. The lowest BCUT2D eigenvalue weighted by atomic mass is 9.67. The molecule has 1 aromatic carbocycles. The van der Waals surface area contributed by atoms with Crippen LogP contribution in [0.3, 0.4) is 0 Å². The topological polar surface area (TPSA) is 77.8 Å². The van der Waals surface area contributed by atoms with Crippen LogP contribution in [0.15, 0.2) is 24.3 Å². The maximum absolute atomic E-state index is 13.8. The molecule has 1 saturated carbocycles. The number of hydrogen-bond acceptors (Lipinski definition) is 3. The van der Waals surface area contributed by atoms with Crippen LogP contribution in [0.4, 0.5) is 4.39 Å². The van der Waals surface area contributed by atoms with Gasteiger partial charge in [-0.15, -0.1) is 0 Å². The first-order chi connectivity index (χ1) is 11.4. The number of piperidine rings is 1. The van der Waals surface area contributed by atoms with Gasteiger partial charge in [0, 0.05) is 19.5 Å². The largest absolute Gasteiger partial charge is 0.480 e. The van der Waals surface area contributed by atoms with Crippen LogP contribution in [0.5, 0.6) is 0 Å². The Balaban J connectivity index is 1.64. The van der Waals surface area contributed by atoms with Gasteiger partial charge in [0.15, 0.2) is 0 Å². The third kappa shape index (κ3) is 2.90. The van der Waals surface area contributed by atoms with Crippen molar-refractivity contribution in [3.8, 4) is 0 Å². The normalized spacial score (nSPS) is 21.8. The van der Waals surface area contributed by atoms with E-state index in [2.05, 4.69) is 0 Å². The smallest absolute Gasteiger partial charge is 0.319 e. The summed E-state index contributed by atoms with van der Waals surface area (Å²) in [6.07, 6.45) is 2.37. The van der Waals surface area contributed by atoms with Crippen LogP contribution in [0.2, 0.25) is 0 Å². The summed E-state index contributed by atoms with van der Waals surface area (Å²) in [7, 11) is 0. The van der Waals surface area contributed by atoms with Gasteiger partial charge in [-0.2, -0.15) is 0 Å². The molecule has 1 aliphatic heterocycles. The van der Waals surface area contributed by atoms with Gasteiger partial charge >= 0.3 is 5.97 Å². The maximum atomic E-state index is 13.8. The minimum atomic E-state index is -1.26. The number of halogens is 1. The minimum Gasteiger partial charge on any atom is -0.480 e. The highest BCUT2D eigenvalue weighted by atomic mass is 19.1. The van der Waals surface area contributed by atoms with Gasteiger partial charge in [-0.3, -0.25) is 9.59 Å². The fourth-order valence-electron chi connectivity index (χ4n) is 3.65. The zero-order valence-electron chi connectivity index (χ0n) is 13.5. The molecule has 2 fully saturated rings. The number of carboxylic acids is 1. The quantitative estimate of drug-likeness (QED) is 0.825. The third-order valence-electron chi connectivity index (χ3n) is 5.48. The number of aliphatic carboxylic acids is 1. The highest BCUT2D eigenvalue weighted by Crippen LogP contribution is 2.43. The lowest BCUT2D eigenvalue weighted by molar-refractivity contribution is -0.169. The van der Waals surface area contributed by atoms with E-state index in [-0.39, 0.29) is 18.1 Å². The maximum Gasteiger partial charge on any atom is 0.319 e. The molecule has 0 spiro atoms. The van der Waals surface area contributed by atoms with E-state index in [9.17, 15) is 24.2 Å². The standard InChI is InChI=1S/C18H22FNO4/c19-14-5-2-1-4-13(14)12-17(24)8-10-20(11-9-17)15(21)18(16(22)23)6-3-7-18/h1-2,4-5,24H,3,6-12H2,(H,22,23). The summed E-state index contributed by atoms with van der Waals surface area (Å²) >= 11 is 0. The summed E-state index contributed by atoms with van der Waals surface area (Å²) in [6, 6.07) is 6.35. The second-order valence-electron chi connectivity index (χ2n) is 7.03. The number of carboxylic acid groups (broad SMARTS) is 1. The Morgan fingerprint density at radius 1 is 1.12 bits per heavy atom. The van der Waals surface area contributed by atoms with Crippen LogP contribution in [0.1, 0.15) is 37.7 Å². The molecule has 1 amide bonds. The molecule has 0 atom stereocenters. The van der Waals surface area contributed by atoms with Crippen molar-refractivity contribution in [3.05, 3.63) is 35.6 Å². The van der Waals surface area contributed by atoms with Gasteiger partial charge in [0.1, 0.15) is 11.2 Å². The first kappa shape index (κ1) is 16.9. The molecule has 1 saturated heterocycles. The van der Waals surface area contributed by atoms with E-state index >= 15 is 0 Å². The molecule has 0 bridgehead atoms. The summed E-state index contributed by atoms with van der Waals surface area (Å²) < 4.78 is 13.8. The van der Waals surface area contributed by atoms with Crippen molar-refractivity contribution in [1.29, 1.82) is 0 Å². The lowest BCUT2D eigenvalue weighted by Gasteiger charge is -2.44. The van der Waals surface area contributed by atoms with E-state index < -0.39 is 17.0 Å². The molecule has 0 radical (unpaired) electrons. The molecule has 0 unspecified atom stereocenters. The van der Waals surface area contributed by atoms with Crippen LogP contribution in [0.25, 0.3) is 0 Å². The third-order valence-corrected chi connectivity index (χ3v) is 5.48.